The monoisotopic (exact) mass is 404 g/mol. The summed E-state index contributed by atoms with van der Waals surface area (Å²) >= 11 is 0. The lowest BCUT2D eigenvalue weighted by Crippen LogP contribution is -1.93. The maximum atomic E-state index is 5.75. The van der Waals surface area contributed by atoms with Gasteiger partial charge in [-0.1, -0.05) is 0 Å². The molecule has 4 heterocycles. The Bertz CT molecular complexity index is 1390. The van der Waals surface area contributed by atoms with Crippen molar-refractivity contribution in [2.75, 3.05) is 0 Å². The van der Waals surface area contributed by atoms with Crippen LogP contribution in [-0.4, -0.2) is 19.9 Å². The van der Waals surface area contributed by atoms with Gasteiger partial charge in [-0.3, -0.25) is 0 Å². The minimum absolute atomic E-state index is 0.748. The molecule has 0 bridgehead atoms. The smallest absolute Gasteiger partial charge is 0.143 e. The van der Waals surface area contributed by atoms with Crippen LogP contribution in [0.25, 0.3) is 44.5 Å². The fourth-order valence-electron chi connectivity index (χ4n) is 4.01. The predicted molar refractivity (Wildman–Crippen MR) is 117 cm³/mol. The van der Waals surface area contributed by atoms with Crippen LogP contribution in [0.5, 0.6) is 0 Å². The molecule has 0 N–H and O–H groups in total. The third-order valence-electron chi connectivity index (χ3n) is 5.35. The highest BCUT2D eigenvalue weighted by Crippen LogP contribution is 2.33. The van der Waals surface area contributed by atoms with E-state index in [9.17, 15) is 0 Å². The lowest BCUT2D eigenvalue weighted by molar-refractivity contribution is 0.616. The van der Waals surface area contributed by atoms with Crippen LogP contribution >= 0.6 is 0 Å². The number of furan rings is 2. The van der Waals surface area contributed by atoms with E-state index in [0.717, 1.165) is 50.9 Å². The van der Waals surface area contributed by atoms with Crippen molar-refractivity contribution in [2.24, 2.45) is 0 Å². The molecule has 0 fully saturated rings. The summed E-state index contributed by atoms with van der Waals surface area (Å²) in [5.74, 6) is 0. The summed E-state index contributed by atoms with van der Waals surface area (Å²) in [5, 5.41) is 2.10. The van der Waals surface area contributed by atoms with Gasteiger partial charge in [-0.15, -0.1) is 0 Å². The number of benzene rings is 2. The van der Waals surface area contributed by atoms with Gasteiger partial charge >= 0.3 is 0 Å². The molecule has 2 aromatic carbocycles. The molecule has 0 radical (unpaired) electrons. The second kappa shape index (κ2) is 7.18. The molecule has 0 spiro atoms. The van der Waals surface area contributed by atoms with Gasteiger partial charge in [0, 0.05) is 34.3 Å². The van der Waals surface area contributed by atoms with E-state index >= 15 is 0 Å². The van der Waals surface area contributed by atoms with Crippen molar-refractivity contribution in [2.45, 2.75) is 6.42 Å². The maximum Gasteiger partial charge on any atom is 0.143 e. The highest BCUT2D eigenvalue weighted by Gasteiger charge is 2.14. The summed E-state index contributed by atoms with van der Waals surface area (Å²) in [6, 6.07) is 16.3. The van der Waals surface area contributed by atoms with Crippen molar-refractivity contribution in [3.63, 3.8) is 0 Å². The molecule has 4 aromatic heterocycles. The lowest BCUT2D eigenvalue weighted by Gasteiger charge is -2.09. The first-order valence-corrected chi connectivity index (χ1v) is 9.88. The third kappa shape index (κ3) is 3.14. The Morgan fingerprint density at radius 2 is 1.13 bits per heavy atom. The number of hydrogen-bond donors (Lipinski definition) is 0. The van der Waals surface area contributed by atoms with Crippen molar-refractivity contribution in [3.8, 4) is 22.5 Å². The molecule has 31 heavy (non-hydrogen) atoms. The van der Waals surface area contributed by atoms with E-state index in [1.807, 2.05) is 24.3 Å². The first-order chi connectivity index (χ1) is 15.3. The summed E-state index contributed by atoms with van der Waals surface area (Å²) < 4.78 is 11.5. The first-order valence-electron chi connectivity index (χ1n) is 9.88. The third-order valence-corrected chi connectivity index (χ3v) is 5.35. The summed E-state index contributed by atoms with van der Waals surface area (Å²) in [7, 11) is 0. The summed E-state index contributed by atoms with van der Waals surface area (Å²) in [5.41, 5.74) is 7.58. The Kier molecular flexibility index (Phi) is 4.06. The Labute approximate surface area is 177 Å². The zero-order chi connectivity index (χ0) is 20.6. The topological polar surface area (TPSA) is 77.8 Å². The largest absolute Gasteiger partial charge is 0.464 e. The van der Waals surface area contributed by atoms with Crippen molar-refractivity contribution in [3.05, 3.63) is 97.2 Å². The second-order valence-electron chi connectivity index (χ2n) is 7.33. The summed E-state index contributed by atoms with van der Waals surface area (Å²) in [4.78, 5) is 16.9. The Morgan fingerprint density at radius 1 is 0.613 bits per heavy atom. The van der Waals surface area contributed by atoms with Crippen LogP contribution in [0.3, 0.4) is 0 Å². The quantitative estimate of drug-likeness (QED) is 0.376. The number of hydrogen-bond acceptors (Lipinski definition) is 6. The minimum Gasteiger partial charge on any atom is -0.464 e. The number of fused-ring (bicyclic) bond motifs is 2. The van der Waals surface area contributed by atoms with Crippen molar-refractivity contribution < 1.29 is 8.83 Å². The lowest BCUT2D eigenvalue weighted by atomic mass is 9.96. The number of nitrogens with zero attached hydrogens (tertiary/aromatic N) is 4. The maximum absolute atomic E-state index is 5.75. The van der Waals surface area contributed by atoms with Crippen molar-refractivity contribution >= 4 is 21.9 Å². The molecular formula is C25H16N4O2. The molecule has 6 heteroatoms. The van der Waals surface area contributed by atoms with E-state index < -0.39 is 0 Å². The number of aromatic nitrogens is 4. The molecular weight excluding hydrogens is 388 g/mol. The van der Waals surface area contributed by atoms with Crippen LogP contribution in [0.4, 0.5) is 0 Å². The van der Waals surface area contributed by atoms with Gasteiger partial charge in [0.05, 0.1) is 23.9 Å². The average Bonchev–Trinajstić information content (AvgIpc) is 3.48. The van der Waals surface area contributed by atoms with E-state index in [-0.39, 0.29) is 0 Å². The van der Waals surface area contributed by atoms with Crippen LogP contribution < -0.4 is 0 Å². The molecule has 0 unspecified atom stereocenters. The van der Waals surface area contributed by atoms with E-state index in [0.29, 0.717) is 0 Å². The minimum atomic E-state index is 0.748. The van der Waals surface area contributed by atoms with Crippen molar-refractivity contribution in [1.29, 1.82) is 0 Å². The molecule has 6 aromatic rings. The SMILES string of the molecule is c1cc(-c2cc(Cc3cc(-c4ccncn4)c4occc4c3)cc3ccoc23)ncn1. The van der Waals surface area contributed by atoms with Gasteiger partial charge < -0.3 is 8.83 Å². The van der Waals surface area contributed by atoms with Crippen LogP contribution in [0.1, 0.15) is 11.1 Å². The van der Waals surface area contributed by atoms with Gasteiger partial charge in [0.1, 0.15) is 23.8 Å². The Morgan fingerprint density at radius 3 is 1.58 bits per heavy atom. The predicted octanol–water partition coefficient (Wildman–Crippen LogP) is 5.68. The Balaban J connectivity index is 1.47. The van der Waals surface area contributed by atoms with Crippen molar-refractivity contribution in [1.82, 2.24) is 19.9 Å². The highest BCUT2D eigenvalue weighted by atomic mass is 16.3. The van der Waals surface area contributed by atoms with Gasteiger partial charge in [-0.05, 0) is 66.1 Å². The van der Waals surface area contributed by atoms with E-state index in [1.165, 1.54) is 11.1 Å². The molecule has 0 aliphatic heterocycles. The number of rotatable bonds is 4. The molecule has 0 saturated carbocycles. The van der Waals surface area contributed by atoms with E-state index in [1.54, 1.807) is 37.6 Å². The second-order valence-corrected chi connectivity index (χ2v) is 7.33. The van der Waals surface area contributed by atoms with E-state index in [4.69, 9.17) is 8.83 Å². The van der Waals surface area contributed by atoms with Gasteiger partial charge in [0.25, 0.3) is 0 Å². The molecule has 6 rings (SSSR count). The van der Waals surface area contributed by atoms with Crippen LogP contribution in [0, 0.1) is 0 Å². The average molecular weight is 404 g/mol. The van der Waals surface area contributed by atoms with Crippen LogP contribution in [-0.2, 0) is 6.42 Å². The molecule has 0 aliphatic rings. The summed E-state index contributed by atoms with van der Waals surface area (Å²) in [6.45, 7) is 0. The first kappa shape index (κ1) is 17.5. The highest BCUT2D eigenvalue weighted by molar-refractivity contribution is 5.93. The zero-order valence-electron chi connectivity index (χ0n) is 16.4. The van der Waals surface area contributed by atoms with Gasteiger partial charge in [0.15, 0.2) is 0 Å². The van der Waals surface area contributed by atoms with Gasteiger partial charge in [-0.2, -0.15) is 0 Å². The zero-order valence-corrected chi connectivity index (χ0v) is 16.4. The van der Waals surface area contributed by atoms with Gasteiger partial charge in [0.2, 0.25) is 0 Å². The normalized spacial score (nSPS) is 11.4. The fourth-order valence-corrected chi connectivity index (χ4v) is 4.01. The van der Waals surface area contributed by atoms with Gasteiger partial charge in [-0.25, -0.2) is 19.9 Å². The summed E-state index contributed by atoms with van der Waals surface area (Å²) in [6.07, 6.45) is 10.8. The molecule has 148 valence electrons. The molecule has 0 saturated heterocycles. The molecule has 0 amide bonds. The molecule has 6 nitrogen and oxygen atoms in total. The van der Waals surface area contributed by atoms with Crippen LogP contribution in [0.15, 0.2) is 94.9 Å². The van der Waals surface area contributed by atoms with Crippen LogP contribution in [0.2, 0.25) is 0 Å². The molecule has 0 aliphatic carbocycles. The Hall–Kier alpha value is -4.32. The van der Waals surface area contributed by atoms with E-state index in [2.05, 4.69) is 44.2 Å². The standard InChI is InChI=1S/C25H16N4O2/c1-5-26-14-28-22(1)20-12-16(10-18-3-7-30-24(18)20)9-17-11-19-4-8-31-25(19)21(13-17)23-2-6-27-15-29-23/h1-8,10-15H,9H2. The fraction of sp³-hybridized carbons (Fsp3) is 0.0400. The molecule has 0 atom stereocenters.